The molecule has 0 fully saturated rings. The van der Waals surface area contributed by atoms with Crippen molar-refractivity contribution in [1.82, 2.24) is 0 Å². The molecule has 0 amide bonds. The van der Waals surface area contributed by atoms with Crippen LogP contribution in [0, 0.1) is 0 Å². The Morgan fingerprint density at radius 1 is 1.17 bits per heavy atom. The van der Waals surface area contributed by atoms with Gasteiger partial charge in [-0.15, -0.1) is 0 Å². The van der Waals surface area contributed by atoms with Gasteiger partial charge in [-0.3, -0.25) is 4.79 Å². The number of benzene rings is 2. The summed E-state index contributed by atoms with van der Waals surface area (Å²) in [6.07, 6.45) is 1.62. The maximum atomic E-state index is 12.4. The molecule has 1 unspecified atom stereocenters. The Morgan fingerprint density at radius 3 is 2.50 bits per heavy atom. The number of carbonyl (C=O) groups is 1. The van der Waals surface area contributed by atoms with E-state index in [4.69, 9.17) is 5.73 Å². The van der Waals surface area contributed by atoms with Crippen LogP contribution in [0.1, 0.15) is 37.0 Å². The summed E-state index contributed by atoms with van der Waals surface area (Å²) in [5.74, 6) is 0.0232. The van der Waals surface area contributed by atoms with Gasteiger partial charge in [-0.25, -0.2) is 0 Å². The molecule has 0 aromatic heterocycles. The SMILES string of the molecule is CCCC(C)(N)C(=O)c1ccc2ccccc2c1. The Hall–Kier alpha value is -1.67. The predicted octanol–water partition coefficient (Wildman–Crippen LogP) is 3.54. The number of carbonyl (C=O) groups excluding carboxylic acids is 1. The third-order valence-corrected chi connectivity index (χ3v) is 3.30. The lowest BCUT2D eigenvalue weighted by molar-refractivity contribution is 0.0893. The number of nitrogens with two attached hydrogens (primary N) is 1. The number of rotatable bonds is 4. The Kier molecular flexibility index (Phi) is 3.48. The molecule has 0 spiro atoms. The molecule has 2 N–H and O–H groups in total. The van der Waals surface area contributed by atoms with E-state index < -0.39 is 5.54 Å². The zero-order valence-corrected chi connectivity index (χ0v) is 10.9. The smallest absolute Gasteiger partial charge is 0.182 e. The van der Waals surface area contributed by atoms with Crippen molar-refractivity contribution in [3.8, 4) is 0 Å². The summed E-state index contributed by atoms with van der Waals surface area (Å²) in [6, 6.07) is 13.8. The highest BCUT2D eigenvalue weighted by Crippen LogP contribution is 2.20. The highest BCUT2D eigenvalue weighted by atomic mass is 16.1. The van der Waals surface area contributed by atoms with Gasteiger partial charge >= 0.3 is 0 Å². The third-order valence-electron chi connectivity index (χ3n) is 3.30. The molecule has 2 aromatic carbocycles. The lowest BCUT2D eigenvalue weighted by Crippen LogP contribution is -2.44. The summed E-state index contributed by atoms with van der Waals surface area (Å²) in [7, 11) is 0. The van der Waals surface area contributed by atoms with Crippen LogP contribution in [0.15, 0.2) is 42.5 Å². The monoisotopic (exact) mass is 241 g/mol. The van der Waals surface area contributed by atoms with Gasteiger partial charge in [0.1, 0.15) is 0 Å². The largest absolute Gasteiger partial charge is 0.319 e. The molecule has 0 saturated heterocycles. The van der Waals surface area contributed by atoms with Crippen LogP contribution in [-0.4, -0.2) is 11.3 Å². The third kappa shape index (κ3) is 2.44. The van der Waals surface area contributed by atoms with E-state index in [1.807, 2.05) is 56.3 Å². The van der Waals surface area contributed by atoms with Gasteiger partial charge in [0.15, 0.2) is 5.78 Å². The van der Waals surface area contributed by atoms with Crippen LogP contribution < -0.4 is 5.73 Å². The van der Waals surface area contributed by atoms with E-state index in [2.05, 4.69) is 0 Å². The minimum Gasteiger partial charge on any atom is -0.319 e. The van der Waals surface area contributed by atoms with Crippen molar-refractivity contribution in [3.63, 3.8) is 0 Å². The molecule has 0 aliphatic rings. The molecular weight excluding hydrogens is 222 g/mol. The molecule has 0 bridgehead atoms. The molecule has 0 heterocycles. The number of fused-ring (bicyclic) bond motifs is 1. The fraction of sp³-hybridized carbons (Fsp3) is 0.312. The minimum atomic E-state index is -0.767. The van der Waals surface area contributed by atoms with Gasteiger partial charge in [0.05, 0.1) is 5.54 Å². The predicted molar refractivity (Wildman–Crippen MR) is 75.8 cm³/mol. The van der Waals surface area contributed by atoms with Crippen LogP contribution >= 0.6 is 0 Å². The number of ketones is 1. The Balaban J connectivity index is 2.39. The minimum absolute atomic E-state index is 0.0232. The molecule has 2 rings (SSSR count). The second-order valence-corrected chi connectivity index (χ2v) is 5.06. The summed E-state index contributed by atoms with van der Waals surface area (Å²) < 4.78 is 0. The fourth-order valence-electron chi connectivity index (χ4n) is 2.29. The van der Waals surface area contributed by atoms with Gasteiger partial charge in [-0.05, 0) is 30.2 Å². The van der Waals surface area contributed by atoms with E-state index in [0.717, 1.165) is 17.2 Å². The van der Waals surface area contributed by atoms with Crippen molar-refractivity contribution in [3.05, 3.63) is 48.0 Å². The summed E-state index contributed by atoms with van der Waals surface area (Å²) in [5, 5.41) is 2.22. The molecule has 0 radical (unpaired) electrons. The highest BCUT2D eigenvalue weighted by Gasteiger charge is 2.28. The van der Waals surface area contributed by atoms with E-state index in [1.165, 1.54) is 0 Å². The van der Waals surface area contributed by atoms with Crippen LogP contribution in [0.4, 0.5) is 0 Å². The lowest BCUT2D eigenvalue weighted by Gasteiger charge is -2.22. The van der Waals surface area contributed by atoms with E-state index in [-0.39, 0.29) is 5.78 Å². The average molecular weight is 241 g/mol. The summed E-state index contributed by atoms with van der Waals surface area (Å²) in [4.78, 5) is 12.4. The van der Waals surface area contributed by atoms with Gasteiger partial charge in [0, 0.05) is 5.56 Å². The van der Waals surface area contributed by atoms with Gasteiger partial charge in [0.2, 0.25) is 0 Å². The molecule has 2 aromatic rings. The fourth-order valence-corrected chi connectivity index (χ4v) is 2.29. The van der Waals surface area contributed by atoms with Crippen LogP contribution in [-0.2, 0) is 0 Å². The Labute approximate surface area is 108 Å². The van der Waals surface area contributed by atoms with Crippen LogP contribution in [0.3, 0.4) is 0 Å². The first-order valence-electron chi connectivity index (χ1n) is 6.37. The maximum absolute atomic E-state index is 12.4. The molecule has 0 aliphatic carbocycles. The van der Waals surface area contributed by atoms with Gasteiger partial charge in [-0.2, -0.15) is 0 Å². The van der Waals surface area contributed by atoms with Gasteiger partial charge in [-0.1, -0.05) is 49.7 Å². The zero-order chi connectivity index (χ0) is 13.2. The molecule has 18 heavy (non-hydrogen) atoms. The highest BCUT2D eigenvalue weighted by molar-refractivity contribution is 6.05. The maximum Gasteiger partial charge on any atom is 0.182 e. The average Bonchev–Trinajstić information content (AvgIpc) is 2.37. The van der Waals surface area contributed by atoms with Crippen LogP contribution in [0.5, 0.6) is 0 Å². The van der Waals surface area contributed by atoms with Crippen molar-refractivity contribution >= 4 is 16.6 Å². The second kappa shape index (κ2) is 4.91. The van der Waals surface area contributed by atoms with Crippen LogP contribution in [0.2, 0.25) is 0 Å². The first-order valence-corrected chi connectivity index (χ1v) is 6.37. The molecule has 1 atom stereocenters. The summed E-state index contributed by atoms with van der Waals surface area (Å²) in [5.41, 5.74) is 6.03. The second-order valence-electron chi connectivity index (χ2n) is 5.06. The normalized spacial score (nSPS) is 14.4. The number of hydrogen-bond donors (Lipinski definition) is 1. The Bertz CT molecular complexity index is 572. The number of hydrogen-bond acceptors (Lipinski definition) is 2. The van der Waals surface area contributed by atoms with E-state index in [0.29, 0.717) is 12.0 Å². The molecule has 0 aliphatic heterocycles. The molecular formula is C16H19NO. The van der Waals surface area contributed by atoms with Gasteiger partial charge < -0.3 is 5.73 Å². The molecule has 2 heteroatoms. The van der Waals surface area contributed by atoms with Crippen LogP contribution in [0.25, 0.3) is 10.8 Å². The molecule has 94 valence electrons. The van der Waals surface area contributed by atoms with E-state index >= 15 is 0 Å². The first kappa shape index (κ1) is 12.8. The van der Waals surface area contributed by atoms with Crippen molar-refractivity contribution in [2.75, 3.05) is 0 Å². The van der Waals surface area contributed by atoms with Crippen molar-refractivity contribution in [2.24, 2.45) is 5.73 Å². The Morgan fingerprint density at radius 2 is 1.83 bits per heavy atom. The number of Topliss-reactive ketones (excluding diaryl/α,β-unsaturated/α-hetero) is 1. The van der Waals surface area contributed by atoms with Crippen molar-refractivity contribution in [1.29, 1.82) is 0 Å². The quantitative estimate of drug-likeness (QED) is 0.832. The summed E-state index contributed by atoms with van der Waals surface area (Å²) in [6.45, 7) is 3.85. The van der Waals surface area contributed by atoms with Crippen molar-refractivity contribution < 1.29 is 4.79 Å². The molecule has 0 saturated carbocycles. The van der Waals surface area contributed by atoms with Crippen molar-refractivity contribution in [2.45, 2.75) is 32.2 Å². The topological polar surface area (TPSA) is 43.1 Å². The van der Waals surface area contributed by atoms with E-state index in [1.54, 1.807) is 0 Å². The zero-order valence-electron chi connectivity index (χ0n) is 10.9. The lowest BCUT2D eigenvalue weighted by atomic mass is 9.87. The van der Waals surface area contributed by atoms with Gasteiger partial charge in [0.25, 0.3) is 0 Å². The summed E-state index contributed by atoms with van der Waals surface area (Å²) >= 11 is 0. The molecule has 2 nitrogen and oxygen atoms in total. The first-order chi connectivity index (χ1) is 8.54. The standard InChI is InChI=1S/C16H19NO/c1-3-10-16(2,17)15(18)14-9-8-12-6-4-5-7-13(12)11-14/h4-9,11H,3,10,17H2,1-2H3. The van der Waals surface area contributed by atoms with E-state index in [9.17, 15) is 4.79 Å².